The normalized spacial score (nSPS) is 22.2. The van der Waals surface area contributed by atoms with Gasteiger partial charge in [-0.2, -0.15) is 0 Å². The van der Waals surface area contributed by atoms with Crippen LogP contribution in [-0.2, 0) is 4.74 Å². The molecule has 0 saturated carbocycles. The monoisotopic (exact) mass is 216 g/mol. The minimum absolute atomic E-state index is 0.240. The first-order valence-corrected chi connectivity index (χ1v) is 5.89. The molecule has 0 aromatic carbocycles. The number of nitrogens with one attached hydrogen (secondary N) is 1. The molecule has 2 N–H and O–H groups in total. The molecular formula is C11H24N2O2. The lowest BCUT2D eigenvalue weighted by Crippen LogP contribution is -2.40. The van der Waals surface area contributed by atoms with Crippen LogP contribution in [0.5, 0.6) is 0 Å². The van der Waals surface area contributed by atoms with E-state index in [1.165, 1.54) is 12.8 Å². The highest BCUT2D eigenvalue weighted by Gasteiger charge is 2.16. The number of rotatable bonds is 7. The Morgan fingerprint density at radius 1 is 1.47 bits per heavy atom. The molecule has 1 fully saturated rings. The molecule has 0 spiro atoms. The van der Waals surface area contributed by atoms with Crippen molar-refractivity contribution in [3.63, 3.8) is 0 Å². The van der Waals surface area contributed by atoms with Crippen molar-refractivity contribution in [2.24, 2.45) is 5.92 Å². The lowest BCUT2D eigenvalue weighted by molar-refractivity contribution is 0.115. The maximum absolute atomic E-state index is 8.97. The van der Waals surface area contributed by atoms with E-state index < -0.39 is 0 Å². The molecule has 1 rings (SSSR count). The minimum atomic E-state index is 0.240. The van der Waals surface area contributed by atoms with Gasteiger partial charge in [-0.3, -0.25) is 4.90 Å². The predicted octanol–water partition coefficient (Wildman–Crippen LogP) is -0.0733. The van der Waals surface area contributed by atoms with Crippen molar-refractivity contribution in [2.45, 2.75) is 12.8 Å². The molecule has 0 radical (unpaired) electrons. The van der Waals surface area contributed by atoms with Gasteiger partial charge in [-0.15, -0.1) is 0 Å². The van der Waals surface area contributed by atoms with Crippen LogP contribution in [-0.4, -0.2) is 63.1 Å². The third kappa shape index (κ3) is 5.47. The highest BCUT2D eigenvalue weighted by atomic mass is 16.5. The molecule has 4 nitrogen and oxygen atoms in total. The van der Waals surface area contributed by atoms with Crippen LogP contribution in [0.1, 0.15) is 12.8 Å². The Labute approximate surface area is 92.6 Å². The largest absolute Gasteiger partial charge is 0.395 e. The second-order valence-electron chi connectivity index (χ2n) is 4.23. The number of methoxy groups -OCH3 is 1. The zero-order chi connectivity index (χ0) is 10.9. The molecule has 90 valence electrons. The van der Waals surface area contributed by atoms with Gasteiger partial charge in [0.15, 0.2) is 0 Å². The van der Waals surface area contributed by atoms with E-state index in [0.29, 0.717) is 0 Å². The van der Waals surface area contributed by atoms with E-state index in [1.54, 1.807) is 7.11 Å². The molecule has 0 bridgehead atoms. The van der Waals surface area contributed by atoms with Gasteiger partial charge in [0.25, 0.3) is 0 Å². The van der Waals surface area contributed by atoms with Gasteiger partial charge in [0.1, 0.15) is 0 Å². The van der Waals surface area contributed by atoms with Crippen molar-refractivity contribution < 1.29 is 9.84 Å². The van der Waals surface area contributed by atoms with Crippen LogP contribution in [0, 0.1) is 5.92 Å². The standard InChI is InChI=1S/C11H24N2O2/c1-15-8-6-13(5-7-14)10-11-3-2-4-12-9-11/h11-12,14H,2-10H2,1H3. The van der Waals surface area contributed by atoms with Crippen LogP contribution >= 0.6 is 0 Å². The Bertz CT molecular complexity index is 150. The summed E-state index contributed by atoms with van der Waals surface area (Å²) >= 11 is 0. The van der Waals surface area contributed by atoms with Gasteiger partial charge in [0.05, 0.1) is 13.2 Å². The van der Waals surface area contributed by atoms with Crippen LogP contribution in [0.2, 0.25) is 0 Å². The van der Waals surface area contributed by atoms with Gasteiger partial charge in [-0.25, -0.2) is 0 Å². The van der Waals surface area contributed by atoms with Crippen LogP contribution in [0.3, 0.4) is 0 Å². The maximum Gasteiger partial charge on any atom is 0.0589 e. The molecule has 1 unspecified atom stereocenters. The fourth-order valence-electron chi connectivity index (χ4n) is 2.10. The van der Waals surface area contributed by atoms with E-state index in [0.717, 1.165) is 45.2 Å². The second kappa shape index (κ2) is 8.05. The Morgan fingerprint density at radius 2 is 2.33 bits per heavy atom. The number of aliphatic hydroxyl groups is 1. The van der Waals surface area contributed by atoms with Crippen molar-refractivity contribution >= 4 is 0 Å². The van der Waals surface area contributed by atoms with E-state index in [4.69, 9.17) is 9.84 Å². The summed E-state index contributed by atoms with van der Waals surface area (Å²) in [5.41, 5.74) is 0. The maximum atomic E-state index is 8.97. The first-order chi connectivity index (χ1) is 7.36. The zero-order valence-corrected chi connectivity index (χ0v) is 9.74. The molecule has 0 amide bonds. The molecule has 15 heavy (non-hydrogen) atoms. The summed E-state index contributed by atoms with van der Waals surface area (Å²) in [7, 11) is 1.72. The third-order valence-electron chi connectivity index (χ3n) is 2.94. The molecular weight excluding hydrogens is 192 g/mol. The van der Waals surface area contributed by atoms with Gasteiger partial charge in [0.2, 0.25) is 0 Å². The highest BCUT2D eigenvalue weighted by molar-refractivity contribution is 4.72. The number of ether oxygens (including phenoxy) is 1. The molecule has 0 aromatic rings. The highest BCUT2D eigenvalue weighted by Crippen LogP contribution is 2.11. The van der Waals surface area contributed by atoms with E-state index in [2.05, 4.69) is 10.2 Å². The third-order valence-corrected chi connectivity index (χ3v) is 2.94. The number of piperidine rings is 1. The van der Waals surface area contributed by atoms with E-state index >= 15 is 0 Å². The van der Waals surface area contributed by atoms with Gasteiger partial charge in [0, 0.05) is 26.7 Å². The quantitative estimate of drug-likeness (QED) is 0.625. The molecule has 0 aliphatic carbocycles. The van der Waals surface area contributed by atoms with Crippen molar-refractivity contribution in [1.82, 2.24) is 10.2 Å². The summed E-state index contributed by atoms with van der Waals surface area (Å²) < 4.78 is 5.07. The summed E-state index contributed by atoms with van der Waals surface area (Å²) in [4.78, 5) is 2.29. The first kappa shape index (κ1) is 12.9. The molecule has 0 aromatic heterocycles. The smallest absolute Gasteiger partial charge is 0.0589 e. The van der Waals surface area contributed by atoms with Crippen molar-refractivity contribution in [3.8, 4) is 0 Å². The molecule has 1 aliphatic rings. The summed E-state index contributed by atoms with van der Waals surface area (Å²) in [5.74, 6) is 0.738. The van der Waals surface area contributed by atoms with Crippen molar-refractivity contribution in [2.75, 3.05) is 53.0 Å². The van der Waals surface area contributed by atoms with Crippen molar-refractivity contribution in [3.05, 3.63) is 0 Å². The molecule has 1 heterocycles. The molecule has 1 saturated heterocycles. The van der Waals surface area contributed by atoms with E-state index in [-0.39, 0.29) is 6.61 Å². The zero-order valence-electron chi connectivity index (χ0n) is 9.74. The summed E-state index contributed by atoms with van der Waals surface area (Å²) in [5, 5.41) is 12.4. The van der Waals surface area contributed by atoms with Crippen LogP contribution < -0.4 is 5.32 Å². The van der Waals surface area contributed by atoms with Crippen LogP contribution in [0.4, 0.5) is 0 Å². The summed E-state index contributed by atoms with van der Waals surface area (Å²) in [6, 6.07) is 0. The van der Waals surface area contributed by atoms with Crippen molar-refractivity contribution in [1.29, 1.82) is 0 Å². The average molecular weight is 216 g/mol. The average Bonchev–Trinajstić information content (AvgIpc) is 2.28. The Kier molecular flexibility index (Phi) is 6.92. The number of aliphatic hydroxyl groups excluding tert-OH is 1. The fourth-order valence-corrected chi connectivity index (χ4v) is 2.10. The second-order valence-corrected chi connectivity index (χ2v) is 4.23. The minimum Gasteiger partial charge on any atom is -0.395 e. The SMILES string of the molecule is COCCN(CCO)CC1CCCNC1. The van der Waals surface area contributed by atoms with Gasteiger partial charge in [-0.05, 0) is 31.8 Å². The van der Waals surface area contributed by atoms with Gasteiger partial charge < -0.3 is 15.2 Å². The lowest BCUT2D eigenvalue weighted by Gasteiger charge is -2.29. The van der Waals surface area contributed by atoms with Gasteiger partial charge in [-0.1, -0.05) is 0 Å². The number of hydrogen-bond donors (Lipinski definition) is 2. The number of hydrogen-bond acceptors (Lipinski definition) is 4. The number of nitrogens with zero attached hydrogens (tertiary/aromatic N) is 1. The van der Waals surface area contributed by atoms with E-state index in [9.17, 15) is 0 Å². The molecule has 4 heteroatoms. The predicted molar refractivity (Wildman–Crippen MR) is 61.0 cm³/mol. The van der Waals surface area contributed by atoms with Gasteiger partial charge >= 0.3 is 0 Å². The van der Waals surface area contributed by atoms with E-state index in [1.807, 2.05) is 0 Å². The Balaban J connectivity index is 2.21. The fraction of sp³-hybridized carbons (Fsp3) is 1.00. The Morgan fingerprint density at radius 3 is 2.93 bits per heavy atom. The first-order valence-electron chi connectivity index (χ1n) is 5.89. The summed E-state index contributed by atoms with van der Waals surface area (Å²) in [6.45, 7) is 6.04. The van der Waals surface area contributed by atoms with Crippen LogP contribution in [0.25, 0.3) is 0 Å². The topological polar surface area (TPSA) is 44.7 Å². The van der Waals surface area contributed by atoms with Crippen LogP contribution in [0.15, 0.2) is 0 Å². The summed E-state index contributed by atoms with van der Waals surface area (Å²) in [6.07, 6.45) is 2.59. The molecule has 1 atom stereocenters. The molecule has 1 aliphatic heterocycles. The lowest BCUT2D eigenvalue weighted by atomic mass is 9.99. The Hall–Kier alpha value is -0.160.